The molecule has 1 saturated heterocycles. The van der Waals surface area contributed by atoms with Crippen LogP contribution in [0.15, 0.2) is 18.2 Å². The molecule has 1 fully saturated rings. The fourth-order valence-electron chi connectivity index (χ4n) is 1.73. The zero-order valence-electron chi connectivity index (χ0n) is 8.97. The topological polar surface area (TPSA) is 38.3 Å². The number of rotatable bonds is 1. The first-order chi connectivity index (χ1) is 7.88. The van der Waals surface area contributed by atoms with Crippen molar-refractivity contribution in [1.82, 2.24) is 5.32 Å². The Morgan fingerprint density at radius 3 is 2.65 bits per heavy atom. The van der Waals surface area contributed by atoms with Crippen LogP contribution < -0.4 is 5.32 Å². The Morgan fingerprint density at radius 1 is 1.41 bits per heavy atom. The number of halogens is 3. The first-order valence-corrected chi connectivity index (χ1v) is 4.99. The third kappa shape index (κ3) is 2.35. The Kier molecular flexibility index (Phi) is 2.73. The lowest BCUT2D eigenvalue weighted by Crippen LogP contribution is -2.19. The summed E-state index contributed by atoms with van der Waals surface area (Å²) in [7, 11) is 0. The van der Waals surface area contributed by atoms with Gasteiger partial charge in [0.15, 0.2) is 0 Å². The molecule has 1 unspecified atom stereocenters. The number of carbonyl (C=O) groups is 1. The van der Waals surface area contributed by atoms with E-state index in [1.165, 1.54) is 13.0 Å². The standard InChI is InChI=1S/C11H10F3NO2/c1-6-2-3-7(4-8(6)11(12,13)14)9-5-17-10(16)15-9/h2-4,9H,5H2,1H3,(H,15,16). The van der Waals surface area contributed by atoms with E-state index in [-0.39, 0.29) is 12.2 Å². The summed E-state index contributed by atoms with van der Waals surface area (Å²) in [5.74, 6) is 0. The molecule has 92 valence electrons. The highest BCUT2D eigenvalue weighted by atomic mass is 19.4. The van der Waals surface area contributed by atoms with Crippen LogP contribution in [0, 0.1) is 6.92 Å². The number of alkyl carbamates (subject to hydrolysis) is 1. The number of hydrogen-bond donors (Lipinski definition) is 1. The fraction of sp³-hybridized carbons (Fsp3) is 0.364. The number of nitrogens with one attached hydrogen (secondary N) is 1. The second kappa shape index (κ2) is 3.94. The van der Waals surface area contributed by atoms with Crippen molar-refractivity contribution in [1.29, 1.82) is 0 Å². The van der Waals surface area contributed by atoms with Crippen LogP contribution in [0.1, 0.15) is 22.7 Å². The lowest BCUT2D eigenvalue weighted by Gasteiger charge is -2.14. The maximum atomic E-state index is 12.7. The molecule has 0 radical (unpaired) electrons. The number of hydrogen-bond acceptors (Lipinski definition) is 2. The van der Waals surface area contributed by atoms with Crippen LogP contribution in [-0.4, -0.2) is 12.7 Å². The van der Waals surface area contributed by atoms with E-state index in [0.717, 1.165) is 6.07 Å². The summed E-state index contributed by atoms with van der Waals surface area (Å²) in [6.07, 6.45) is -4.99. The Labute approximate surface area is 95.6 Å². The fourth-order valence-corrected chi connectivity index (χ4v) is 1.73. The van der Waals surface area contributed by atoms with Crippen molar-refractivity contribution >= 4 is 6.09 Å². The molecule has 1 aromatic rings. The molecule has 1 atom stereocenters. The largest absolute Gasteiger partial charge is 0.447 e. The monoisotopic (exact) mass is 245 g/mol. The zero-order chi connectivity index (χ0) is 12.6. The van der Waals surface area contributed by atoms with Crippen molar-refractivity contribution < 1.29 is 22.7 Å². The lowest BCUT2D eigenvalue weighted by molar-refractivity contribution is -0.138. The van der Waals surface area contributed by atoms with E-state index in [1.54, 1.807) is 6.07 Å². The predicted octanol–water partition coefficient (Wildman–Crippen LogP) is 2.79. The summed E-state index contributed by atoms with van der Waals surface area (Å²) < 4.78 is 42.7. The molecule has 0 bridgehead atoms. The molecule has 0 aliphatic carbocycles. The van der Waals surface area contributed by atoms with Crippen LogP contribution in [0.3, 0.4) is 0 Å². The van der Waals surface area contributed by atoms with E-state index in [4.69, 9.17) is 0 Å². The van der Waals surface area contributed by atoms with Crippen molar-refractivity contribution in [2.24, 2.45) is 0 Å². The van der Waals surface area contributed by atoms with Crippen molar-refractivity contribution in [2.75, 3.05) is 6.61 Å². The van der Waals surface area contributed by atoms with E-state index in [2.05, 4.69) is 10.1 Å². The van der Waals surface area contributed by atoms with Gasteiger partial charge in [0.25, 0.3) is 0 Å². The molecule has 1 N–H and O–H groups in total. The third-order valence-corrected chi connectivity index (χ3v) is 2.64. The quantitative estimate of drug-likeness (QED) is 0.826. The molecular weight excluding hydrogens is 235 g/mol. The van der Waals surface area contributed by atoms with Gasteiger partial charge in [-0.1, -0.05) is 12.1 Å². The smallest absolute Gasteiger partial charge is 0.416 e. The van der Waals surface area contributed by atoms with Gasteiger partial charge in [0, 0.05) is 0 Å². The van der Waals surface area contributed by atoms with Crippen molar-refractivity contribution in [3.8, 4) is 0 Å². The molecular formula is C11H10F3NO2. The molecule has 2 rings (SSSR count). The molecule has 0 spiro atoms. The van der Waals surface area contributed by atoms with Gasteiger partial charge in [-0.25, -0.2) is 4.79 Å². The van der Waals surface area contributed by atoms with Crippen molar-refractivity contribution in [2.45, 2.75) is 19.1 Å². The molecule has 1 amide bonds. The summed E-state index contributed by atoms with van der Waals surface area (Å²) in [4.78, 5) is 10.8. The van der Waals surface area contributed by atoms with Crippen molar-refractivity contribution in [3.63, 3.8) is 0 Å². The van der Waals surface area contributed by atoms with E-state index in [0.29, 0.717) is 5.56 Å². The van der Waals surface area contributed by atoms with Crippen LogP contribution >= 0.6 is 0 Å². The van der Waals surface area contributed by atoms with Crippen LogP contribution in [-0.2, 0) is 10.9 Å². The third-order valence-electron chi connectivity index (χ3n) is 2.64. The van der Waals surface area contributed by atoms with Gasteiger partial charge in [0.2, 0.25) is 0 Å². The summed E-state index contributed by atoms with van der Waals surface area (Å²) >= 11 is 0. The molecule has 0 saturated carbocycles. The Balaban J connectivity index is 2.34. The van der Waals surface area contributed by atoms with Gasteiger partial charge in [-0.2, -0.15) is 13.2 Å². The second-order valence-corrected chi connectivity index (χ2v) is 3.87. The molecule has 1 heterocycles. The minimum Gasteiger partial charge on any atom is -0.447 e. The zero-order valence-corrected chi connectivity index (χ0v) is 8.97. The van der Waals surface area contributed by atoms with Crippen LogP contribution in [0.25, 0.3) is 0 Å². The summed E-state index contributed by atoms with van der Waals surface area (Å²) in [6.45, 7) is 1.45. The average Bonchev–Trinajstić information content (AvgIpc) is 2.64. The van der Waals surface area contributed by atoms with E-state index < -0.39 is 23.9 Å². The summed E-state index contributed by atoms with van der Waals surface area (Å²) in [6, 6.07) is 3.49. The number of cyclic esters (lactones) is 1. The Bertz CT molecular complexity index is 457. The molecule has 6 heteroatoms. The lowest BCUT2D eigenvalue weighted by atomic mass is 10.0. The van der Waals surface area contributed by atoms with Crippen molar-refractivity contribution in [3.05, 3.63) is 34.9 Å². The minimum atomic E-state index is -4.39. The Hall–Kier alpha value is -1.72. The summed E-state index contributed by atoms with van der Waals surface area (Å²) in [5.41, 5.74) is -0.128. The highest BCUT2D eigenvalue weighted by Crippen LogP contribution is 2.33. The van der Waals surface area contributed by atoms with E-state index in [9.17, 15) is 18.0 Å². The molecule has 1 aliphatic heterocycles. The van der Waals surface area contributed by atoms with Gasteiger partial charge < -0.3 is 10.1 Å². The number of aryl methyl sites for hydroxylation is 1. The summed E-state index contributed by atoms with van der Waals surface area (Å²) in [5, 5.41) is 2.44. The van der Waals surface area contributed by atoms with Gasteiger partial charge >= 0.3 is 12.3 Å². The second-order valence-electron chi connectivity index (χ2n) is 3.87. The van der Waals surface area contributed by atoms with Crippen LogP contribution in [0.5, 0.6) is 0 Å². The highest BCUT2D eigenvalue weighted by molar-refractivity contribution is 5.70. The number of benzene rings is 1. The number of amides is 1. The molecule has 0 aromatic heterocycles. The maximum absolute atomic E-state index is 12.7. The Morgan fingerprint density at radius 2 is 2.12 bits per heavy atom. The van der Waals surface area contributed by atoms with E-state index >= 15 is 0 Å². The van der Waals surface area contributed by atoms with Crippen LogP contribution in [0.4, 0.5) is 18.0 Å². The first-order valence-electron chi connectivity index (χ1n) is 4.99. The maximum Gasteiger partial charge on any atom is 0.416 e. The molecule has 17 heavy (non-hydrogen) atoms. The van der Waals surface area contributed by atoms with E-state index in [1.807, 2.05) is 0 Å². The van der Waals surface area contributed by atoms with Crippen LogP contribution in [0.2, 0.25) is 0 Å². The molecule has 1 aromatic carbocycles. The van der Waals surface area contributed by atoms with Gasteiger partial charge in [-0.05, 0) is 24.1 Å². The average molecular weight is 245 g/mol. The normalized spacial score (nSPS) is 20.0. The number of ether oxygens (including phenoxy) is 1. The minimum absolute atomic E-state index is 0.0548. The van der Waals surface area contributed by atoms with Gasteiger partial charge in [0.1, 0.15) is 6.61 Å². The number of carbonyl (C=O) groups excluding carboxylic acids is 1. The SMILES string of the molecule is Cc1ccc(C2COC(=O)N2)cc1C(F)(F)F. The molecule has 3 nitrogen and oxygen atoms in total. The molecule has 1 aliphatic rings. The highest BCUT2D eigenvalue weighted by Gasteiger charge is 2.34. The number of alkyl halides is 3. The van der Waals surface area contributed by atoms with Gasteiger partial charge in [-0.3, -0.25) is 0 Å². The van der Waals surface area contributed by atoms with Gasteiger partial charge in [0.05, 0.1) is 11.6 Å². The van der Waals surface area contributed by atoms with Gasteiger partial charge in [-0.15, -0.1) is 0 Å². The predicted molar refractivity (Wildman–Crippen MR) is 53.4 cm³/mol. The first kappa shape index (κ1) is 11.8.